The summed E-state index contributed by atoms with van der Waals surface area (Å²) in [4.78, 5) is 12.0. The maximum Gasteiger partial charge on any atom is 0.319 e. The van der Waals surface area contributed by atoms with Gasteiger partial charge >= 0.3 is 6.03 Å². The third-order valence-electron chi connectivity index (χ3n) is 4.13. The van der Waals surface area contributed by atoms with E-state index in [1.807, 2.05) is 48.9 Å². The number of amides is 2. The lowest BCUT2D eigenvalue weighted by Crippen LogP contribution is -2.31. The number of nitrogens with zero attached hydrogens (tertiary/aromatic N) is 2. The van der Waals surface area contributed by atoms with E-state index < -0.39 is 0 Å². The molecule has 2 N–H and O–H groups in total. The molecule has 0 unspecified atom stereocenters. The van der Waals surface area contributed by atoms with Gasteiger partial charge in [-0.05, 0) is 57.4 Å². The molecule has 1 aromatic heterocycles. The number of nitrogens with one attached hydrogen (secondary N) is 2. The van der Waals surface area contributed by atoms with Crippen LogP contribution >= 0.6 is 0 Å². The number of hydrogen-bond acceptors (Lipinski definition) is 3. The minimum atomic E-state index is -0.196. The number of rotatable bonds is 5. The van der Waals surface area contributed by atoms with Crippen molar-refractivity contribution in [3.05, 3.63) is 41.7 Å². The number of ether oxygens (including phenoxy) is 1. The predicted octanol–water partition coefficient (Wildman–Crippen LogP) is 3.18. The third kappa shape index (κ3) is 4.14. The van der Waals surface area contributed by atoms with E-state index in [-0.39, 0.29) is 6.03 Å². The molecular formula is C18H24N4O2. The van der Waals surface area contributed by atoms with Gasteiger partial charge in [0.25, 0.3) is 0 Å². The summed E-state index contributed by atoms with van der Waals surface area (Å²) in [6.45, 7) is 5.44. The largest absolute Gasteiger partial charge is 0.378 e. The summed E-state index contributed by atoms with van der Waals surface area (Å²) >= 11 is 0. The monoisotopic (exact) mass is 328 g/mol. The lowest BCUT2D eigenvalue weighted by Gasteiger charge is -2.12. The summed E-state index contributed by atoms with van der Waals surface area (Å²) in [7, 11) is 0. The Kier molecular flexibility index (Phi) is 5.15. The average molecular weight is 328 g/mol. The van der Waals surface area contributed by atoms with Gasteiger partial charge in [-0.1, -0.05) is 6.07 Å². The van der Waals surface area contributed by atoms with Crippen LogP contribution in [0, 0.1) is 13.8 Å². The van der Waals surface area contributed by atoms with Crippen LogP contribution < -0.4 is 10.6 Å². The molecule has 1 aliphatic rings. The lowest BCUT2D eigenvalue weighted by molar-refractivity contribution is 0.105. The molecule has 1 aliphatic heterocycles. The second-order valence-electron chi connectivity index (χ2n) is 6.19. The fraction of sp³-hybridized carbons (Fsp3) is 0.444. The fourth-order valence-corrected chi connectivity index (χ4v) is 3.00. The molecular weight excluding hydrogens is 304 g/mol. The van der Waals surface area contributed by atoms with Crippen LogP contribution in [0.2, 0.25) is 0 Å². The first kappa shape index (κ1) is 16.5. The van der Waals surface area contributed by atoms with Crippen LogP contribution in [-0.4, -0.2) is 35.1 Å². The third-order valence-corrected chi connectivity index (χ3v) is 4.13. The number of aromatic nitrogens is 2. The van der Waals surface area contributed by atoms with Crippen molar-refractivity contribution in [1.29, 1.82) is 0 Å². The Morgan fingerprint density at radius 3 is 2.96 bits per heavy atom. The first-order chi connectivity index (χ1) is 11.6. The van der Waals surface area contributed by atoms with Crippen molar-refractivity contribution < 1.29 is 9.53 Å². The van der Waals surface area contributed by atoms with E-state index in [9.17, 15) is 4.79 Å². The van der Waals surface area contributed by atoms with Crippen molar-refractivity contribution in [1.82, 2.24) is 15.1 Å². The SMILES string of the molecule is Cc1cc(C)n(-c2cccc(NC(=O)NCC[C@@H]3CCCO3)c2)n1. The quantitative estimate of drug-likeness (QED) is 0.886. The van der Waals surface area contributed by atoms with Crippen molar-refractivity contribution >= 4 is 11.7 Å². The summed E-state index contributed by atoms with van der Waals surface area (Å²) in [6, 6.07) is 9.50. The highest BCUT2D eigenvalue weighted by atomic mass is 16.5. The molecule has 2 amide bonds. The Morgan fingerprint density at radius 2 is 2.25 bits per heavy atom. The molecule has 1 atom stereocenters. The number of carbonyl (C=O) groups excluding carboxylic acids is 1. The van der Waals surface area contributed by atoms with Gasteiger partial charge in [-0.15, -0.1) is 0 Å². The molecule has 2 heterocycles. The van der Waals surface area contributed by atoms with Crippen LogP contribution in [0.5, 0.6) is 0 Å². The van der Waals surface area contributed by atoms with E-state index in [4.69, 9.17) is 4.74 Å². The number of anilines is 1. The molecule has 0 spiro atoms. The Bertz CT molecular complexity index is 705. The zero-order valence-corrected chi connectivity index (χ0v) is 14.2. The number of carbonyl (C=O) groups is 1. The molecule has 2 aromatic rings. The summed E-state index contributed by atoms with van der Waals surface area (Å²) in [5.74, 6) is 0. The molecule has 1 aromatic carbocycles. The van der Waals surface area contributed by atoms with Gasteiger partial charge in [0, 0.05) is 24.5 Å². The highest BCUT2D eigenvalue weighted by molar-refractivity contribution is 5.89. The van der Waals surface area contributed by atoms with E-state index in [0.717, 1.165) is 48.6 Å². The zero-order valence-electron chi connectivity index (χ0n) is 14.2. The van der Waals surface area contributed by atoms with Crippen LogP contribution in [0.1, 0.15) is 30.7 Å². The second kappa shape index (κ2) is 7.49. The van der Waals surface area contributed by atoms with Gasteiger partial charge in [-0.25, -0.2) is 9.48 Å². The van der Waals surface area contributed by atoms with Crippen molar-refractivity contribution in [3.63, 3.8) is 0 Å². The van der Waals surface area contributed by atoms with Crippen molar-refractivity contribution in [3.8, 4) is 5.69 Å². The van der Waals surface area contributed by atoms with Crippen molar-refractivity contribution in [2.75, 3.05) is 18.5 Å². The molecule has 0 saturated carbocycles. The molecule has 24 heavy (non-hydrogen) atoms. The van der Waals surface area contributed by atoms with E-state index in [0.29, 0.717) is 12.6 Å². The van der Waals surface area contributed by atoms with Gasteiger partial charge in [0.05, 0.1) is 17.5 Å². The predicted molar refractivity (Wildman–Crippen MR) is 93.7 cm³/mol. The highest BCUT2D eigenvalue weighted by Gasteiger charge is 2.15. The number of urea groups is 1. The lowest BCUT2D eigenvalue weighted by atomic mass is 10.2. The normalized spacial score (nSPS) is 17.0. The van der Waals surface area contributed by atoms with E-state index in [2.05, 4.69) is 15.7 Å². The minimum absolute atomic E-state index is 0.196. The van der Waals surface area contributed by atoms with E-state index in [1.54, 1.807) is 0 Å². The Hall–Kier alpha value is -2.34. The molecule has 0 radical (unpaired) electrons. The molecule has 6 heteroatoms. The number of aryl methyl sites for hydroxylation is 2. The Morgan fingerprint density at radius 1 is 1.38 bits per heavy atom. The van der Waals surface area contributed by atoms with Crippen LogP contribution in [-0.2, 0) is 4.74 Å². The summed E-state index contributed by atoms with van der Waals surface area (Å²) in [5, 5.41) is 10.2. The van der Waals surface area contributed by atoms with Gasteiger partial charge in [0.1, 0.15) is 0 Å². The summed E-state index contributed by atoms with van der Waals surface area (Å²) in [5.41, 5.74) is 3.70. The average Bonchev–Trinajstić information content (AvgIpc) is 3.17. The van der Waals surface area contributed by atoms with Gasteiger partial charge < -0.3 is 15.4 Å². The number of benzene rings is 1. The van der Waals surface area contributed by atoms with Crippen LogP contribution in [0.15, 0.2) is 30.3 Å². The Balaban J connectivity index is 1.56. The van der Waals surface area contributed by atoms with E-state index >= 15 is 0 Å². The smallest absolute Gasteiger partial charge is 0.319 e. The molecule has 3 rings (SSSR count). The minimum Gasteiger partial charge on any atom is -0.378 e. The molecule has 128 valence electrons. The maximum absolute atomic E-state index is 12.0. The fourth-order valence-electron chi connectivity index (χ4n) is 3.00. The summed E-state index contributed by atoms with van der Waals surface area (Å²) < 4.78 is 7.42. The topological polar surface area (TPSA) is 68.2 Å². The summed E-state index contributed by atoms with van der Waals surface area (Å²) in [6.07, 6.45) is 3.36. The first-order valence-electron chi connectivity index (χ1n) is 8.42. The van der Waals surface area contributed by atoms with Gasteiger partial charge in [-0.2, -0.15) is 5.10 Å². The van der Waals surface area contributed by atoms with Crippen LogP contribution in [0.4, 0.5) is 10.5 Å². The Labute approximate surface area is 142 Å². The van der Waals surface area contributed by atoms with E-state index in [1.165, 1.54) is 0 Å². The molecule has 0 bridgehead atoms. The van der Waals surface area contributed by atoms with Gasteiger partial charge in [0.15, 0.2) is 0 Å². The molecule has 1 saturated heterocycles. The number of hydrogen-bond donors (Lipinski definition) is 2. The van der Waals surface area contributed by atoms with Crippen molar-refractivity contribution in [2.45, 2.75) is 39.2 Å². The van der Waals surface area contributed by atoms with Crippen LogP contribution in [0.3, 0.4) is 0 Å². The second-order valence-corrected chi connectivity index (χ2v) is 6.19. The molecule has 6 nitrogen and oxygen atoms in total. The molecule has 0 aliphatic carbocycles. The maximum atomic E-state index is 12.0. The van der Waals surface area contributed by atoms with Gasteiger partial charge in [0.2, 0.25) is 0 Å². The van der Waals surface area contributed by atoms with Gasteiger partial charge in [-0.3, -0.25) is 0 Å². The highest BCUT2D eigenvalue weighted by Crippen LogP contribution is 2.17. The standard InChI is InChI=1S/C18H24N4O2/c1-13-11-14(2)22(21-13)16-6-3-5-15(12-16)20-18(23)19-9-8-17-7-4-10-24-17/h3,5-6,11-12,17H,4,7-10H2,1-2H3,(H2,19,20,23)/t17-/m0/s1. The first-order valence-corrected chi connectivity index (χ1v) is 8.42. The zero-order chi connectivity index (χ0) is 16.9. The molecule has 1 fully saturated rings. The van der Waals surface area contributed by atoms with Crippen LogP contribution in [0.25, 0.3) is 5.69 Å². The van der Waals surface area contributed by atoms with Crippen molar-refractivity contribution in [2.24, 2.45) is 0 Å².